The average Bonchev–Trinajstić information content (AvgIpc) is 2.90. The van der Waals surface area contributed by atoms with E-state index in [4.69, 9.17) is 12.2 Å². The number of aromatic nitrogens is 4. The van der Waals surface area contributed by atoms with Crippen molar-refractivity contribution in [2.24, 2.45) is 11.8 Å². The molecule has 2 aromatic heterocycles. The van der Waals surface area contributed by atoms with Crippen molar-refractivity contribution >= 4 is 34.6 Å². The summed E-state index contributed by atoms with van der Waals surface area (Å²) in [5.74, 6) is 1.52. The molecule has 6 nitrogen and oxygen atoms in total. The minimum atomic E-state index is 0.0720. The maximum Gasteiger partial charge on any atom is 0.229 e. The Morgan fingerprint density at radius 2 is 2.50 bits per heavy atom. The number of anilines is 1. The molecule has 2 aromatic rings. The van der Waals surface area contributed by atoms with Crippen molar-refractivity contribution < 1.29 is 4.79 Å². The molecule has 2 heterocycles. The molecule has 0 aliphatic heterocycles. The van der Waals surface area contributed by atoms with E-state index in [1.165, 1.54) is 11.3 Å². The second-order valence-electron chi connectivity index (χ2n) is 5.47. The van der Waals surface area contributed by atoms with E-state index in [2.05, 4.69) is 34.0 Å². The molecule has 3 rings (SSSR count). The third-order valence-electron chi connectivity index (χ3n) is 3.72. The number of allylic oxidation sites excluding steroid dienone is 1. The Hall–Kier alpha value is -1.80. The third-order valence-corrected chi connectivity index (χ3v) is 4.83. The molecule has 0 aromatic carbocycles. The summed E-state index contributed by atoms with van der Waals surface area (Å²) in [5.41, 5.74) is 0.864. The van der Waals surface area contributed by atoms with Gasteiger partial charge in [0.1, 0.15) is 5.82 Å². The fourth-order valence-electron chi connectivity index (χ4n) is 2.30. The smallest absolute Gasteiger partial charge is 0.229 e. The topological polar surface area (TPSA) is 75.6 Å². The maximum atomic E-state index is 11.9. The molecule has 2 unspecified atom stereocenters. The molecule has 1 amide bonds. The first kappa shape index (κ1) is 15.1. The highest BCUT2D eigenvalue weighted by atomic mass is 32.1. The molecule has 0 spiro atoms. The molecule has 116 valence electrons. The van der Waals surface area contributed by atoms with Crippen LogP contribution in [-0.2, 0) is 17.8 Å². The van der Waals surface area contributed by atoms with Gasteiger partial charge in [0, 0.05) is 17.8 Å². The van der Waals surface area contributed by atoms with Crippen molar-refractivity contribution in [3.05, 3.63) is 34.3 Å². The van der Waals surface area contributed by atoms with Crippen molar-refractivity contribution in [1.82, 2.24) is 19.7 Å². The molecule has 0 saturated heterocycles. The van der Waals surface area contributed by atoms with Gasteiger partial charge >= 0.3 is 0 Å². The van der Waals surface area contributed by atoms with Gasteiger partial charge in [0.05, 0.1) is 12.1 Å². The number of amides is 1. The van der Waals surface area contributed by atoms with E-state index >= 15 is 0 Å². The van der Waals surface area contributed by atoms with Crippen LogP contribution in [-0.4, -0.2) is 25.7 Å². The van der Waals surface area contributed by atoms with E-state index in [1.807, 2.05) is 9.95 Å². The van der Waals surface area contributed by atoms with Crippen LogP contribution in [0.5, 0.6) is 0 Å². The highest BCUT2D eigenvalue weighted by Gasteiger charge is 2.39. The highest BCUT2D eigenvalue weighted by molar-refractivity contribution is 7.71. The van der Waals surface area contributed by atoms with Crippen molar-refractivity contribution in [1.29, 1.82) is 0 Å². The van der Waals surface area contributed by atoms with Crippen molar-refractivity contribution in [3.8, 4) is 0 Å². The van der Waals surface area contributed by atoms with Crippen LogP contribution < -0.4 is 5.32 Å². The van der Waals surface area contributed by atoms with Gasteiger partial charge in [-0.2, -0.15) is 5.10 Å². The van der Waals surface area contributed by atoms with Crippen LogP contribution in [0.25, 0.3) is 0 Å². The molecular weight excluding hydrogens is 318 g/mol. The van der Waals surface area contributed by atoms with E-state index in [0.29, 0.717) is 28.8 Å². The lowest BCUT2D eigenvalue weighted by molar-refractivity contribution is -0.117. The van der Waals surface area contributed by atoms with Crippen LogP contribution in [0.3, 0.4) is 0 Å². The zero-order valence-corrected chi connectivity index (χ0v) is 13.8. The predicted molar refractivity (Wildman–Crippen MR) is 88.4 cm³/mol. The lowest BCUT2D eigenvalue weighted by Crippen LogP contribution is -2.14. The van der Waals surface area contributed by atoms with Gasteiger partial charge in [0.25, 0.3) is 0 Å². The van der Waals surface area contributed by atoms with Crippen LogP contribution >= 0.6 is 23.6 Å². The molecule has 22 heavy (non-hydrogen) atoms. The Kier molecular flexibility index (Phi) is 4.21. The number of aromatic amines is 1. The summed E-state index contributed by atoms with van der Waals surface area (Å²) in [6.07, 6.45) is 3.31. The number of nitrogens with one attached hydrogen (secondary N) is 2. The average molecular weight is 335 g/mol. The fraction of sp³-hybridized carbons (Fsp3) is 0.429. The number of hydrogen-bond donors (Lipinski definition) is 2. The van der Waals surface area contributed by atoms with Crippen LogP contribution in [0.15, 0.2) is 18.0 Å². The number of carbonyl (C=O) groups excluding carboxylic acids is 1. The van der Waals surface area contributed by atoms with Crippen molar-refractivity contribution in [2.45, 2.75) is 26.3 Å². The molecule has 8 heteroatoms. The Balaban J connectivity index is 1.68. The molecule has 0 radical (unpaired) electrons. The summed E-state index contributed by atoms with van der Waals surface area (Å²) in [7, 11) is 0. The van der Waals surface area contributed by atoms with Gasteiger partial charge in [-0.3, -0.25) is 14.5 Å². The summed E-state index contributed by atoms with van der Waals surface area (Å²) in [5, 5.41) is 12.5. The zero-order chi connectivity index (χ0) is 15.7. The van der Waals surface area contributed by atoms with Gasteiger partial charge in [-0.05, 0) is 24.6 Å². The summed E-state index contributed by atoms with van der Waals surface area (Å²) in [4.78, 5) is 16.4. The minimum Gasteiger partial charge on any atom is -0.302 e. The van der Waals surface area contributed by atoms with Crippen LogP contribution in [0, 0.1) is 16.6 Å². The summed E-state index contributed by atoms with van der Waals surface area (Å²) in [6, 6.07) is 0. The SMILES string of the molecule is C=CCn1c(Cc2csc(NC(=O)C3CC3C)n2)n[nH]c1=S. The fourth-order valence-corrected chi connectivity index (χ4v) is 3.23. The highest BCUT2D eigenvalue weighted by Crippen LogP contribution is 2.38. The van der Waals surface area contributed by atoms with Crippen LogP contribution in [0.2, 0.25) is 0 Å². The van der Waals surface area contributed by atoms with Gasteiger partial charge in [-0.15, -0.1) is 17.9 Å². The first-order chi connectivity index (χ1) is 10.6. The van der Waals surface area contributed by atoms with E-state index in [0.717, 1.165) is 17.9 Å². The van der Waals surface area contributed by atoms with Gasteiger partial charge in [-0.25, -0.2) is 4.98 Å². The lowest BCUT2D eigenvalue weighted by Gasteiger charge is -2.01. The molecular formula is C14H17N5OS2. The zero-order valence-electron chi connectivity index (χ0n) is 12.2. The largest absolute Gasteiger partial charge is 0.302 e. The standard InChI is InChI=1S/C14H17N5OS2/c1-3-4-19-11(17-18-14(19)21)6-9-7-22-13(15-9)16-12(20)10-5-8(10)2/h3,7-8,10H,1,4-6H2,2H3,(H,18,21)(H,15,16,20). The van der Waals surface area contributed by atoms with E-state index in [9.17, 15) is 4.79 Å². The number of H-pyrrole nitrogens is 1. The molecule has 1 saturated carbocycles. The Morgan fingerprint density at radius 1 is 1.73 bits per heavy atom. The molecule has 1 aliphatic rings. The Labute approximate surface area is 137 Å². The van der Waals surface area contributed by atoms with Crippen LogP contribution in [0.1, 0.15) is 24.9 Å². The number of thiazole rings is 1. The predicted octanol–water partition coefficient (Wildman–Crippen LogP) is 2.77. The number of hydrogen-bond acceptors (Lipinski definition) is 5. The summed E-state index contributed by atoms with van der Waals surface area (Å²) < 4.78 is 2.45. The first-order valence-corrected chi connectivity index (χ1v) is 8.37. The minimum absolute atomic E-state index is 0.0720. The van der Waals surface area contributed by atoms with Gasteiger partial charge in [0.2, 0.25) is 5.91 Å². The number of carbonyl (C=O) groups is 1. The Bertz CT molecular complexity index is 759. The molecule has 1 aliphatic carbocycles. The quantitative estimate of drug-likeness (QED) is 0.629. The van der Waals surface area contributed by atoms with E-state index in [1.54, 1.807) is 6.08 Å². The van der Waals surface area contributed by atoms with E-state index < -0.39 is 0 Å². The monoisotopic (exact) mass is 335 g/mol. The molecule has 1 fully saturated rings. The maximum absolute atomic E-state index is 11.9. The summed E-state index contributed by atoms with van der Waals surface area (Å²) >= 11 is 6.62. The Morgan fingerprint density at radius 3 is 3.18 bits per heavy atom. The normalized spacial score (nSPS) is 19.9. The van der Waals surface area contributed by atoms with Gasteiger partial charge < -0.3 is 5.32 Å². The van der Waals surface area contributed by atoms with Crippen LogP contribution in [0.4, 0.5) is 5.13 Å². The van der Waals surface area contributed by atoms with Gasteiger partial charge in [-0.1, -0.05) is 13.0 Å². The summed E-state index contributed by atoms with van der Waals surface area (Å²) in [6.45, 7) is 6.41. The third kappa shape index (κ3) is 3.17. The first-order valence-electron chi connectivity index (χ1n) is 7.08. The lowest BCUT2D eigenvalue weighted by atomic mass is 10.3. The van der Waals surface area contributed by atoms with Crippen molar-refractivity contribution in [3.63, 3.8) is 0 Å². The molecule has 2 atom stereocenters. The molecule has 2 N–H and O–H groups in total. The second-order valence-corrected chi connectivity index (χ2v) is 6.72. The van der Waals surface area contributed by atoms with Gasteiger partial charge in [0.15, 0.2) is 9.90 Å². The van der Waals surface area contributed by atoms with Crippen molar-refractivity contribution in [2.75, 3.05) is 5.32 Å². The number of rotatable bonds is 6. The second kappa shape index (κ2) is 6.13. The number of nitrogens with zero attached hydrogens (tertiary/aromatic N) is 3. The van der Waals surface area contributed by atoms with E-state index in [-0.39, 0.29) is 11.8 Å². The molecule has 0 bridgehead atoms.